The first-order chi connectivity index (χ1) is 12.4. The van der Waals surface area contributed by atoms with E-state index < -0.39 is 15.8 Å². The number of hydrogen-bond donors (Lipinski definition) is 1. The second-order valence-electron chi connectivity index (χ2n) is 5.57. The predicted octanol–water partition coefficient (Wildman–Crippen LogP) is 3.09. The van der Waals surface area contributed by atoms with Crippen LogP contribution in [0.5, 0.6) is 17.2 Å². The molecule has 0 atom stereocenters. The van der Waals surface area contributed by atoms with Crippen molar-refractivity contribution in [3.05, 3.63) is 60.7 Å². The molecule has 1 heterocycles. The Bertz CT molecular complexity index is 1020. The fourth-order valence-electron chi connectivity index (χ4n) is 2.32. The van der Waals surface area contributed by atoms with Gasteiger partial charge in [-0.2, -0.15) is 0 Å². The Morgan fingerprint density at radius 2 is 1.85 bits per heavy atom. The van der Waals surface area contributed by atoms with Gasteiger partial charge in [-0.05, 0) is 35.7 Å². The number of ether oxygens (including phenoxy) is 2. The number of sulfonamides is 1. The van der Waals surface area contributed by atoms with Crippen molar-refractivity contribution in [2.45, 2.75) is 0 Å². The number of halogens is 1. The lowest BCUT2D eigenvalue weighted by molar-refractivity contribution is 0.306. The molecule has 8 heteroatoms. The number of fused-ring (bicyclic) bond motifs is 1. The standard InChI is InChI=1S/C18H17FN2O4S/c1-26(22,23)21-8-9-24-17-10-13-6-7-20-12-14(13)11-18(17)25-16-5-3-2-4-15(16)19/h2-7,10-12,21H,8-9H2,1H3. The Morgan fingerprint density at radius 1 is 1.08 bits per heavy atom. The van der Waals surface area contributed by atoms with Crippen LogP contribution in [-0.2, 0) is 10.0 Å². The van der Waals surface area contributed by atoms with Crippen molar-refractivity contribution >= 4 is 20.8 Å². The van der Waals surface area contributed by atoms with Crippen LogP contribution in [0.3, 0.4) is 0 Å². The molecular formula is C18H17FN2O4S. The molecule has 0 unspecified atom stereocenters. The monoisotopic (exact) mass is 376 g/mol. The molecular weight excluding hydrogens is 359 g/mol. The largest absolute Gasteiger partial charge is 0.488 e. The van der Waals surface area contributed by atoms with Crippen LogP contribution < -0.4 is 14.2 Å². The van der Waals surface area contributed by atoms with E-state index in [1.54, 1.807) is 36.7 Å². The second kappa shape index (κ2) is 7.67. The lowest BCUT2D eigenvalue weighted by Crippen LogP contribution is -2.26. The summed E-state index contributed by atoms with van der Waals surface area (Å²) in [4.78, 5) is 4.06. The van der Waals surface area contributed by atoms with Gasteiger partial charge in [0.05, 0.1) is 6.26 Å². The molecule has 1 N–H and O–H groups in total. The maximum absolute atomic E-state index is 13.9. The van der Waals surface area contributed by atoms with Gasteiger partial charge in [0.25, 0.3) is 0 Å². The van der Waals surface area contributed by atoms with Gasteiger partial charge in [0.2, 0.25) is 10.0 Å². The Kier molecular flexibility index (Phi) is 5.34. The Balaban J connectivity index is 1.87. The van der Waals surface area contributed by atoms with Crippen molar-refractivity contribution in [3.8, 4) is 17.2 Å². The van der Waals surface area contributed by atoms with Gasteiger partial charge in [0, 0.05) is 24.3 Å². The lowest BCUT2D eigenvalue weighted by atomic mass is 10.1. The van der Waals surface area contributed by atoms with Gasteiger partial charge >= 0.3 is 0 Å². The van der Waals surface area contributed by atoms with Crippen LogP contribution in [0.1, 0.15) is 0 Å². The van der Waals surface area contributed by atoms with E-state index in [-0.39, 0.29) is 18.9 Å². The number of rotatable bonds is 7. The Hall–Kier alpha value is -2.71. The van der Waals surface area contributed by atoms with E-state index in [9.17, 15) is 12.8 Å². The third kappa shape index (κ3) is 4.68. The average Bonchev–Trinajstić information content (AvgIpc) is 2.60. The minimum Gasteiger partial charge on any atom is -0.488 e. The quantitative estimate of drug-likeness (QED) is 0.641. The summed E-state index contributed by atoms with van der Waals surface area (Å²) in [5.41, 5.74) is 0. The Morgan fingerprint density at radius 3 is 2.62 bits per heavy atom. The molecule has 26 heavy (non-hydrogen) atoms. The zero-order valence-corrected chi connectivity index (χ0v) is 14.8. The first-order valence-electron chi connectivity index (χ1n) is 7.80. The summed E-state index contributed by atoms with van der Waals surface area (Å²) in [6.45, 7) is 0.198. The summed E-state index contributed by atoms with van der Waals surface area (Å²) >= 11 is 0. The molecule has 3 rings (SSSR count). The van der Waals surface area contributed by atoms with E-state index in [2.05, 4.69) is 9.71 Å². The van der Waals surface area contributed by atoms with Crippen LogP contribution >= 0.6 is 0 Å². The van der Waals surface area contributed by atoms with Crippen LogP contribution in [0.2, 0.25) is 0 Å². The fourth-order valence-corrected chi connectivity index (χ4v) is 2.77. The molecule has 6 nitrogen and oxygen atoms in total. The van der Waals surface area contributed by atoms with Crippen molar-refractivity contribution in [1.29, 1.82) is 0 Å². The first kappa shape index (κ1) is 18.1. The third-order valence-electron chi connectivity index (χ3n) is 3.48. The number of benzene rings is 2. The van der Waals surface area contributed by atoms with E-state index in [1.165, 1.54) is 12.1 Å². The molecule has 0 aliphatic heterocycles. The lowest BCUT2D eigenvalue weighted by Gasteiger charge is -2.14. The fraction of sp³-hybridized carbons (Fsp3) is 0.167. The van der Waals surface area contributed by atoms with Crippen LogP contribution in [0, 0.1) is 5.82 Å². The molecule has 0 spiro atoms. The summed E-state index contributed by atoms with van der Waals surface area (Å²) in [5.74, 6) is 0.260. The topological polar surface area (TPSA) is 77.5 Å². The Labute approximate surface area is 150 Å². The molecule has 0 aliphatic rings. The maximum atomic E-state index is 13.9. The van der Waals surface area contributed by atoms with Crippen LogP contribution in [0.25, 0.3) is 10.8 Å². The van der Waals surface area contributed by atoms with Gasteiger partial charge in [-0.15, -0.1) is 0 Å². The van der Waals surface area contributed by atoms with Gasteiger partial charge in [-0.1, -0.05) is 12.1 Å². The SMILES string of the molecule is CS(=O)(=O)NCCOc1cc2ccncc2cc1Oc1ccccc1F. The predicted molar refractivity (Wildman–Crippen MR) is 96.6 cm³/mol. The molecule has 2 aromatic carbocycles. The van der Waals surface area contributed by atoms with Crippen molar-refractivity contribution in [1.82, 2.24) is 9.71 Å². The molecule has 0 fully saturated rings. The number of pyridine rings is 1. The number of para-hydroxylation sites is 1. The number of nitrogens with zero attached hydrogens (tertiary/aromatic N) is 1. The van der Waals surface area contributed by atoms with E-state index >= 15 is 0 Å². The van der Waals surface area contributed by atoms with E-state index in [1.807, 2.05) is 6.07 Å². The van der Waals surface area contributed by atoms with E-state index in [0.717, 1.165) is 17.0 Å². The molecule has 1 aromatic heterocycles. The number of hydrogen-bond acceptors (Lipinski definition) is 5. The van der Waals surface area contributed by atoms with Gasteiger partial charge in [0.1, 0.15) is 6.61 Å². The number of aromatic nitrogens is 1. The molecule has 0 radical (unpaired) electrons. The maximum Gasteiger partial charge on any atom is 0.208 e. The smallest absolute Gasteiger partial charge is 0.208 e. The molecule has 136 valence electrons. The molecule has 0 amide bonds. The summed E-state index contributed by atoms with van der Waals surface area (Å²) in [6, 6.07) is 11.3. The van der Waals surface area contributed by atoms with Crippen LogP contribution in [-0.4, -0.2) is 32.8 Å². The summed E-state index contributed by atoms with van der Waals surface area (Å²) in [6.07, 6.45) is 4.38. The third-order valence-corrected chi connectivity index (χ3v) is 4.21. The molecule has 0 saturated carbocycles. The highest BCUT2D eigenvalue weighted by molar-refractivity contribution is 7.88. The minimum atomic E-state index is -3.30. The summed E-state index contributed by atoms with van der Waals surface area (Å²) in [5, 5.41) is 1.67. The van der Waals surface area contributed by atoms with Gasteiger partial charge in [0.15, 0.2) is 23.1 Å². The van der Waals surface area contributed by atoms with Crippen molar-refractivity contribution in [3.63, 3.8) is 0 Å². The van der Waals surface area contributed by atoms with Gasteiger partial charge < -0.3 is 9.47 Å². The normalized spacial score (nSPS) is 11.5. The second-order valence-corrected chi connectivity index (χ2v) is 7.40. The highest BCUT2D eigenvalue weighted by Gasteiger charge is 2.12. The molecule has 0 bridgehead atoms. The summed E-state index contributed by atoms with van der Waals surface area (Å²) in [7, 11) is -3.30. The highest BCUT2D eigenvalue weighted by Crippen LogP contribution is 2.36. The average molecular weight is 376 g/mol. The van der Waals surface area contributed by atoms with Gasteiger partial charge in [-0.25, -0.2) is 17.5 Å². The van der Waals surface area contributed by atoms with Gasteiger partial charge in [-0.3, -0.25) is 4.98 Å². The van der Waals surface area contributed by atoms with Crippen LogP contribution in [0.4, 0.5) is 4.39 Å². The number of nitrogens with one attached hydrogen (secondary N) is 1. The first-order valence-corrected chi connectivity index (χ1v) is 9.69. The molecule has 3 aromatic rings. The minimum absolute atomic E-state index is 0.0647. The zero-order valence-electron chi connectivity index (χ0n) is 14.0. The van der Waals surface area contributed by atoms with Crippen LogP contribution in [0.15, 0.2) is 54.9 Å². The van der Waals surface area contributed by atoms with E-state index in [0.29, 0.717) is 11.5 Å². The van der Waals surface area contributed by atoms with Crippen molar-refractivity contribution in [2.24, 2.45) is 0 Å². The highest BCUT2D eigenvalue weighted by atomic mass is 32.2. The molecule has 0 saturated heterocycles. The summed E-state index contributed by atoms with van der Waals surface area (Å²) < 4.78 is 49.8. The van der Waals surface area contributed by atoms with Crippen molar-refractivity contribution in [2.75, 3.05) is 19.4 Å². The van der Waals surface area contributed by atoms with E-state index in [4.69, 9.17) is 9.47 Å². The van der Waals surface area contributed by atoms with Crippen molar-refractivity contribution < 1.29 is 22.3 Å². The zero-order chi connectivity index (χ0) is 18.6. The molecule has 0 aliphatic carbocycles.